The number of hydrogen-bond acceptors (Lipinski definition) is 4. The van der Waals surface area contributed by atoms with Crippen molar-refractivity contribution in [3.63, 3.8) is 0 Å². The molecule has 1 saturated heterocycles. The molecule has 1 aromatic rings. The maximum Gasteiger partial charge on any atom is 0.161 e. The van der Waals surface area contributed by atoms with Gasteiger partial charge in [0.05, 0.1) is 14.2 Å². The van der Waals surface area contributed by atoms with E-state index in [4.69, 9.17) is 14.2 Å². The molecule has 1 atom stereocenters. The topological polar surface area (TPSA) is 30.9 Å². The van der Waals surface area contributed by atoms with Crippen LogP contribution >= 0.6 is 0 Å². The molecule has 112 valence electrons. The van der Waals surface area contributed by atoms with Crippen molar-refractivity contribution in [1.82, 2.24) is 4.90 Å². The first-order valence-electron chi connectivity index (χ1n) is 7.20. The summed E-state index contributed by atoms with van der Waals surface area (Å²) < 4.78 is 16.0. The van der Waals surface area contributed by atoms with Gasteiger partial charge in [-0.3, -0.25) is 0 Å². The van der Waals surface area contributed by atoms with Crippen LogP contribution in [0.3, 0.4) is 0 Å². The Morgan fingerprint density at radius 2 is 2.05 bits per heavy atom. The van der Waals surface area contributed by atoms with Crippen LogP contribution in [0, 0.1) is 5.92 Å². The number of rotatable bonds is 7. The summed E-state index contributed by atoms with van der Waals surface area (Å²) >= 11 is 0. The van der Waals surface area contributed by atoms with E-state index in [1.165, 1.54) is 18.4 Å². The third kappa shape index (κ3) is 4.12. The Balaban J connectivity index is 1.85. The molecule has 2 rings (SSSR count). The fourth-order valence-electron chi connectivity index (χ4n) is 2.58. The summed E-state index contributed by atoms with van der Waals surface area (Å²) in [5.74, 6) is 2.31. The smallest absolute Gasteiger partial charge is 0.161 e. The van der Waals surface area contributed by atoms with Crippen LogP contribution in [0.1, 0.15) is 18.4 Å². The minimum Gasteiger partial charge on any atom is -0.493 e. The predicted molar refractivity (Wildman–Crippen MR) is 79.4 cm³/mol. The number of nitrogens with zero attached hydrogens (tertiary/aromatic N) is 1. The highest BCUT2D eigenvalue weighted by atomic mass is 16.5. The number of ether oxygens (including phenoxy) is 3. The summed E-state index contributed by atoms with van der Waals surface area (Å²) in [6.07, 6.45) is 2.42. The normalized spacial score (nSPS) is 18.5. The molecule has 4 heteroatoms. The minimum atomic E-state index is 0.739. The fraction of sp³-hybridized carbons (Fsp3) is 0.625. The van der Waals surface area contributed by atoms with Crippen molar-refractivity contribution in [3.8, 4) is 11.5 Å². The van der Waals surface area contributed by atoms with Crippen LogP contribution in [-0.2, 0) is 11.3 Å². The maximum atomic E-state index is 5.41. The SMILES string of the molecule is COc1ccc(CN(C)CC[C@@H]2CCOC2)cc1OC. The van der Waals surface area contributed by atoms with Gasteiger partial charge >= 0.3 is 0 Å². The van der Waals surface area contributed by atoms with Gasteiger partial charge in [0.1, 0.15) is 0 Å². The quantitative estimate of drug-likeness (QED) is 0.767. The molecule has 0 amide bonds. The number of hydrogen-bond donors (Lipinski definition) is 0. The first-order valence-corrected chi connectivity index (χ1v) is 7.20. The molecule has 1 aliphatic rings. The van der Waals surface area contributed by atoms with Gasteiger partial charge in [-0.05, 0) is 50.0 Å². The van der Waals surface area contributed by atoms with Crippen molar-refractivity contribution in [2.75, 3.05) is 41.0 Å². The first-order chi connectivity index (χ1) is 9.72. The fourth-order valence-corrected chi connectivity index (χ4v) is 2.58. The summed E-state index contributed by atoms with van der Waals surface area (Å²) in [5, 5.41) is 0. The van der Waals surface area contributed by atoms with E-state index in [1.807, 2.05) is 12.1 Å². The van der Waals surface area contributed by atoms with Crippen molar-refractivity contribution in [3.05, 3.63) is 23.8 Å². The van der Waals surface area contributed by atoms with Crippen molar-refractivity contribution < 1.29 is 14.2 Å². The first kappa shape index (κ1) is 15.1. The van der Waals surface area contributed by atoms with Crippen LogP contribution in [-0.4, -0.2) is 45.9 Å². The van der Waals surface area contributed by atoms with Crippen molar-refractivity contribution in [1.29, 1.82) is 0 Å². The number of methoxy groups -OCH3 is 2. The highest BCUT2D eigenvalue weighted by molar-refractivity contribution is 5.42. The summed E-state index contributed by atoms with van der Waals surface area (Å²) in [4.78, 5) is 2.35. The van der Waals surface area contributed by atoms with Crippen LogP contribution in [0.25, 0.3) is 0 Å². The van der Waals surface area contributed by atoms with E-state index in [0.717, 1.165) is 43.7 Å². The molecule has 0 unspecified atom stereocenters. The summed E-state index contributed by atoms with van der Waals surface area (Å²) in [6, 6.07) is 6.11. The second-order valence-corrected chi connectivity index (χ2v) is 5.45. The van der Waals surface area contributed by atoms with E-state index in [9.17, 15) is 0 Å². The Kier molecular flexibility index (Phi) is 5.68. The standard InChI is InChI=1S/C16H25NO3/c1-17(8-6-13-7-9-20-12-13)11-14-4-5-15(18-2)16(10-14)19-3/h4-5,10,13H,6-9,11-12H2,1-3H3/t13-/m1/s1. The van der Waals surface area contributed by atoms with Gasteiger partial charge in [-0.15, -0.1) is 0 Å². The van der Waals surface area contributed by atoms with Gasteiger partial charge in [0.15, 0.2) is 11.5 Å². The number of benzene rings is 1. The zero-order valence-corrected chi connectivity index (χ0v) is 12.7. The zero-order valence-electron chi connectivity index (χ0n) is 12.7. The highest BCUT2D eigenvalue weighted by Gasteiger charge is 2.16. The van der Waals surface area contributed by atoms with Gasteiger partial charge in [-0.25, -0.2) is 0 Å². The minimum absolute atomic E-state index is 0.739. The van der Waals surface area contributed by atoms with Crippen LogP contribution in [0.2, 0.25) is 0 Å². The maximum absolute atomic E-state index is 5.41. The lowest BCUT2D eigenvalue weighted by Gasteiger charge is -2.19. The van der Waals surface area contributed by atoms with Crippen molar-refractivity contribution in [2.24, 2.45) is 5.92 Å². The lowest BCUT2D eigenvalue weighted by Crippen LogP contribution is -2.21. The molecule has 1 heterocycles. The van der Waals surface area contributed by atoms with Gasteiger partial charge in [-0.1, -0.05) is 6.07 Å². The Hall–Kier alpha value is -1.26. The van der Waals surface area contributed by atoms with Gasteiger partial charge in [-0.2, -0.15) is 0 Å². The second-order valence-electron chi connectivity index (χ2n) is 5.45. The zero-order chi connectivity index (χ0) is 14.4. The van der Waals surface area contributed by atoms with Crippen LogP contribution in [0.4, 0.5) is 0 Å². The molecular formula is C16H25NO3. The molecule has 1 aliphatic heterocycles. The van der Waals surface area contributed by atoms with E-state index in [1.54, 1.807) is 14.2 Å². The average molecular weight is 279 g/mol. The van der Waals surface area contributed by atoms with Gasteiger partial charge in [0.25, 0.3) is 0 Å². The van der Waals surface area contributed by atoms with E-state index >= 15 is 0 Å². The molecular weight excluding hydrogens is 254 g/mol. The molecule has 1 fully saturated rings. The van der Waals surface area contributed by atoms with Gasteiger partial charge in [0.2, 0.25) is 0 Å². The molecule has 0 aromatic heterocycles. The van der Waals surface area contributed by atoms with Gasteiger partial charge < -0.3 is 19.1 Å². The summed E-state index contributed by atoms with van der Waals surface area (Å²) in [7, 11) is 5.49. The summed E-state index contributed by atoms with van der Waals surface area (Å²) in [5.41, 5.74) is 1.24. The van der Waals surface area contributed by atoms with E-state index in [0.29, 0.717) is 0 Å². The average Bonchev–Trinajstić information content (AvgIpc) is 2.98. The Bertz CT molecular complexity index is 416. The molecule has 20 heavy (non-hydrogen) atoms. The second kappa shape index (κ2) is 7.50. The lowest BCUT2D eigenvalue weighted by atomic mass is 10.0. The Labute approximate surface area is 121 Å². The Morgan fingerprint density at radius 3 is 2.70 bits per heavy atom. The molecule has 0 N–H and O–H groups in total. The van der Waals surface area contributed by atoms with Crippen molar-refractivity contribution >= 4 is 0 Å². The highest BCUT2D eigenvalue weighted by Crippen LogP contribution is 2.28. The molecule has 0 radical (unpaired) electrons. The molecule has 0 aliphatic carbocycles. The third-order valence-corrected chi connectivity index (χ3v) is 3.84. The molecule has 0 saturated carbocycles. The molecule has 0 bridgehead atoms. The van der Waals surface area contributed by atoms with Crippen LogP contribution in [0.5, 0.6) is 11.5 Å². The van der Waals surface area contributed by atoms with Gasteiger partial charge in [0, 0.05) is 19.8 Å². The predicted octanol–water partition coefficient (Wildman–Crippen LogP) is 2.56. The van der Waals surface area contributed by atoms with Crippen LogP contribution in [0.15, 0.2) is 18.2 Å². The molecule has 4 nitrogen and oxygen atoms in total. The third-order valence-electron chi connectivity index (χ3n) is 3.84. The van der Waals surface area contributed by atoms with Crippen molar-refractivity contribution in [2.45, 2.75) is 19.4 Å². The molecule has 0 spiro atoms. The largest absolute Gasteiger partial charge is 0.493 e. The molecule has 1 aromatic carbocycles. The lowest BCUT2D eigenvalue weighted by molar-refractivity contribution is 0.180. The summed E-state index contributed by atoms with van der Waals surface area (Å²) in [6.45, 7) is 3.89. The Morgan fingerprint density at radius 1 is 1.25 bits per heavy atom. The van der Waals surface area contributed by atoms with Crippen LogP contribution < -0.4 is 9.47 Å². The van der Waals surface area contributed by atoms with E-state index in [2.05, 4.69) is 18.0 Å². The van der Waals surface area contributed by atoms with E-state index < -0.39 is 0 Å². The monoisotopic (exact) mass is 279 g/mol. The van der Waals surface area contributed by atoms with E-state index in [-0.39, 0.29) is 0 Å².